The summed E-state index contributed by atoms with van der Waals surface area (Å²) in [6.45, 7) is 5.86. The molecule has 1 atom stereocenters. The van der Waals surface area contributed by atoms with Crippen LogP contribution in [0.1, 0.15) is 54.7 Å². The summed E-state index contributed by atoms with van der Waals surface area (Å²) < 4.78 is 0. The number of anilines is 1. The van der Waals surface area contributed by atoms with Gasteiger partial charge < -0.3 is 10.2 Å². The molecule has 2 heterocycles. The summed E-state index contributed by atoms with van der Waals surface area (Å²) in [5.74, 6) is -0.302. The van der Waals surface area contributed by atoms with Crippen molar-refractivity contribution >= 4 is 23.5 Å². The Bertz CT molecular complexity index is 866. The monoisotopic (exact) mass is 389 g/mol. The Balaban J connectivity index is 1.29. The first-order valence-electron chi connectivity index (χ1n) is 11.0. The van der Waals surface area contributed by atoms with E-state index in [0.717, 1.165) is 28.9 Å². The second-order valence-corrected chi connectivity index (χ2v) is 8.31. The van der Waals surface area contributed by atoms with E-state index in [-0.39, 0.29) is 11.8 Å². The van der Waals surface area contributed by atoms with Crippen LogP contribution >= 0.6 is 0 Å². The minimum Gasteiger partial charge on any atom is -0.325 e. The van der Waals surface area contributed by atoms with Gasteiger partial charge in [0.05, 0.1) is 5.69 Å². The molecule has 1 fully saturated rings. The SMILES string of the molecule is Cc1cccc2c1C(C=Nc1ccc(CCCCN3CCCCC3)cc1)C(=O)N2. The third kappa shape index (κ3) is 4.94. The lowest BCUT2D eigenvalue weighted by atomic mass is 9.97. The van der Waals surface area contributed by atoms with Crippen LogP contribution in [0.25, 0.3) is 0 Å². The number of carbonyl (C=O) groups is 1. The molecule has 2 aromatic rings. The van der Waals surface area contributed by atoms with Crippen molar-refractivity contribution in [2.75, 3.05) is 25.0 Å². The van der Waals surface area contributed by atoms with Gasteiger partial charge >= 0.3 is 0 Å². The van der Waals surface area contributed by atoms with Crippen LogP contribution in [-0.2, 0) is 11.2 Å². The molecule has 1 N–H and O–H groups in total. The Hall–Kier alpha value is -2.46. The van der Waals surface area contributed by atoms with Crippen molar-refractivity contribution < 1.29 is 4.79 Å². The van der Waals surface area contributed by atoms with Crippen LogP contribution < -0.4 is 5.32 Å². The van der Waals surface area contributed by atoms with E-state index in [9.17, 15) is 4.79 Å². The summed E-state index contributed by atoms with van der Waals surface area (Å²) in [4.78, 5) is 19.5. The number of benzene rings is 2. The second-order valence-electron chi connectivity index (χ2n) is 8.31. The van der Waals surface area contributed by atoms with Crippen molar-refractivity contribution in [2.24, 2.45) is 4.99 Å². The predicted octanol–water partition coefficient (Wildman–Crippen LogP) is 5.24. The summed E-state index contributed by atoms with van der Waals surface area (Å²) in [5.41, 5.74) is 5.34. The van der Waals surface area contributed by atoms with Crippen molar-refractivity contribution in [1.82, 2.24) is 4.90 Å². The van der Waals surface area contributed by atoms with E-state index < -0.39 is 0 Å². The molecule has 4 rings (SSSR count). The minimum atomic E-state index is -0.305. The number of hydrogen-bond acceptors (Lipinski definition) is 3. The molecule has 4 heteroatoms. The summed E-state index contributed by atoms with van der Waals surface area (Å²) in [6.07, 6.45) is 9.55. The van der Waals surface area contributed by atoms with Gasteiger partial charge in [0.1, 0.15) is 5.92 Å². The normalized spacial score (nSPS) is 19.5. The van der Waals surface area contributed by atoms with Crippen molar-refractivity contribution in [2.45, 2.75) is 51.4 Å². The lowest BCUT2D eigenvalue weighted by molar-refractivity contribution is -0.115. The van der Waals surface area contributed by atoms with Crippen LogP contribution in [0.15, 0.2) is 47.5 Å². The fourth-order valence-electron chi connectivity index (χ4n) is 4.44. The minimum absolute atomic E-state index is 0.00313. The van der Waals surface area contributed by atoms with Gasteiger partial charge in [-0.05, 0) is 93.6 Å². The first kappa shape index (κ1) is 19.8. The van der Waals surface area contributed by atoms with E-state index >= 15 is 0 Å². The first-order chi connectivity index (χ1) is 14.2. The molecule has 0 bridgehead atoms. The molecule has 2 aliphatic heterocycles. The van der Waals surface area contributed by atoms with Crippen molar-refractivity contribution in [1.29, 1.82) is 0 Å². The Kier molecular flexibility index (Phi) is 6.40. The third-order valence-corrected chi connectivity index (χ3v) is 6.12. The quantitative estimate of drug-likeness (QED) is 0.520. The largest absolute Gasteiger partial charge is 0.325 e. The predicted molar refractivity (Wildman–Crippen MR) is 120 cm³/mol. The molecule has 152 valence electrons. The van der Waals surface area contributed by atoms with Crippen LogP contribution in [0.2, 0.25) is 0 Å². The maximum Gasteiger partial charge on any atom is 0.237 e. The van der Waals surface area contributed by atoms with E-state index in [2.05, 4.69) is 39.5 Å². The number of hydrogen-bond donors (Lipinski definition) is 1. The number of fused-ring (bicyclic) bond motifs is 1. The molecule has 0 spiro atoms. The topological polar surface area (TPSA) is 44.7 Å². The number of rotatable bonds is 7. The summed E-state index contributed by atoms with van der Waals surface area (Å²) in [7, 11) is 0. The van der Waals surface area contributed by atoms with Crippen LogP contribution in [0.5, 0.6) is 0 Å². The van der Waals surface area contributed by atoms with Gasteiger partial charge in [0, 0.05) is 11.9 Å². The Morgan fingerprint density at radius 3 is 2.66 bits per heavy atom. The lowest BCUT2D eigenvalue weighted by Crippen LogP contribution is -2.30. The van der Waals surface area contributed by atoms with Crippen LogP contribution in [0.3, 0.4) is 0 Å². The number of nitrogens with one attached hydrogen (secondary N) is 1. The average molecular weight is 390 g/mol. The fourth-order valence-corrected chi connectivity index (χ4v) is 4.44. The number of aryl methyl sites for hydroxylation is 2. The highest BCUT2D eigenvalue weighted by molar-refractivity contribution is 6.13. The standard InChI is InChI=1S/C25H31N3O/c1-19-8-7-10-23-24(19)22(25(29)27-23)18-26-21-13-11-20(12-14-21)9-3-6-17-28-15-4-2-5-16-28/h7-8,10-14,18,22H,2-6,9,15-17H2,1H3,(H,27,29). The Morgan fingerprint density at radius 2 is 1.86 bits per heavy atom. The van der Waals surface area contributed by atoms with E-state index in [0.29, 0.717) is 0 Å². The Morgan fingerprint density at radius 1 is 1.07 bits per heavy atom. The zero-order valence-electron chi connectivity index (χ0n) is 17.4. The summed E-state index contributed by atoms with van der Waals surface area (Å²) in [6, 6.07) is 14.4. The van der Waals surface area contributed by atoms with Crippen LogP contribution in [-0.4, -0.2) is 36.7 Å². The average Bonchev–Trinajstić information content (AvgIpc) is 3.07. The number of carbonyl (C=O) groups excluding carboxylic acids is 1. The van der Waals surface area contributed by atoms with Gasteiger partial charge in [0.15, 0.2) is 0 Å². The molecule has 0 aliphatic carbocycles. The highest BCUT2D eigenvalue weighted by Crippen LogP contribution is 2.34. The van der Waals surface area contributed by atoms with Gasteiger partial charge in [-0.3, -0.25) is 9.79 Å². The molecule has 0 radical (unpaired) electrons. The highest BCUT2D eigenvalue weighted by Gasteiger charge is 2.30. The molecule has 1 unspecified atom stereocenters. The van der Waals surface area contributed by atoms with Crippen molar-refractivity contribution in [3.05, 3.63) is 59.2 Å². The van der Waals surface area contributed by atoms with Gasteiger partial charge in [-0.2, -0.15) is 0 Å². The molecule has 2 aliphatic rings. The number of amides is 1. The van der Waals surface area contributed by atoms with Crippen LogP contribution in [0.4, 0.5) is 11.4 Å². The number of likely N-dealkylation sites (tertiary alicyclic amines) is 1. The fraction of sp³-hybridized carbons (Fsp3) is 0.440. The van der Waals surface area contributed by atoms with E-state index in [4.69, 9.17) is 0 Å². The number of nitrogens with zero attached hydrogens (tertiary/aromatic N) is 2. The molecule has 1 saturated heterocycles. The molecule has 2 aromatic carbocycles. The van der Waals surface area contributed by atoms with Crippen LogP contribution in [0, 0.1) is 6.92 Å². The molecule has 1 amide bonds. The Labute approximate surface area is 174 Å². The van der Waals surface area contributed by atoms with Gasteiger partial charge in [-0.1, -0.05) is 30.7 Å². The van der Waals surface area contributed by atoms with Gasteiger partial charge in [0.25, 0.3) is 0 Å². The van der Waals surface area contributed by atoms with E-state index in [1.54, 1.807) is 6.21 Å². The molecule has 0 saturated carbocycles. The number of aliphatic imine (C=N–C) groups is 1. The van der Waals surface area contributed by atoms with E-state index in [1.807, 2.05) is 25.1 Å². The smallest absolute Gasteiger partial charge is 0.237 e. The highest BCUT2D eigenvalue weighted by atomic mass is 16.2. The number of unbranched alkanes of at least 4 members (excludes halogenated alkanes) is 1. The molecule has 4 nitrogen and oxygen atoms in total. The molecular formula is C25H31N3O. The zero-order chi connectivity index (χ0) is 20.1. The maximum atomic E-state index is 12.3. The maximum absolute atomic E-state index is 12.3. The van der Waals surface area contributed by atoms with Gasteiger partial charge in [-0.25, -0.2) is 0 Å². The summed E-state index contributed by atoms with van der Waals surface area (Å²) in [5, 5.41) is 2.95. The molecule has 29 heavy (non-hydrogen) atoms. The first-order valence-corrected chi connectivity index (χ1v) is 11.0. The third-order valence-electron chi connectivity index (χ3n) is 6.12. The van der Waals surface area contributed by atoms with Gasteiger partial charge in [0.2, 0.25) is 5.91 Å². The van der Waals surface area contributed by atoms with E-state index in [1.165, 1.54) is 57.3 Å². The molecular weight excluding hydrogens is 358 g/mol. The molecule has 0 aromatic heterocycles. The summed E-state index contributed by atoms with van der Waals surface area (Å²) >= 11 is 0. The second kappa shape index (κ2) is 9.36. The van der Waals surface area contributed by atoms with Crippen molar-refractivity contribution in [3.63, 3.8) is 0 Å². The van der Waals surface area contributed by atoms with Crippen molar-refractivity contribution in [3.8, 4) is 0 Å². The zero-order valence-corrected chi connectivity index (χ0v) is 17.4. The van der Waals surface area contributed by atoms with Gasteiger partial charge in [-0.15, -0.1) is 0 Å². The lowest BCUT2D eigenvalue weighted by Gasteiger charge is -2.26. The number of piperidine rings is 1.